The number of aliphatic hydroxyl groups excluding tert-OH is 1. The second-order valence-electron chi connectivity index (χ2n) is 4.98. The minimum atomic E-state index is -1.10. The highest BCUT2D eigenvalue weighted by atomic mass is 32.2. The lowest BCUT2D eigenvalue weighted by molar-refractivity contribution is -0.161. The van der Waals surface area contributed by atoms with Gasteiger partial charge in [-0.1, -0.05) is 17.8 Å². The number of carboxylic acids is 1. The fourth-order valence-corrected chi connectivity index (χ4v) is 3.83. The van der Waals surface area contributed by atoms with Crippen LogP contribution in [0.4, 0.5) is 0 Å². The number of aliphatic carboxylic acids is 1. The molecule has 0 aromatic carbocycles. The van der Waals surface area contributed by atoms with Crippen molar-refractivity contribution in [3.8, 4) is 0 Å². The third-order valence-corrected chi connectivity index (χ3v) is 4.68. The highest BCUT2D eigenvalue weighted by molar-refractivity contribution is 8.06. The smallest absolute Gasteiger partial charge is 0.353 e. The van der Waals surface area contributed by atoms with Gasteiger partial charge in [-0.3, -0.25) is 4.79 Å². The molecule has 0 saturated carbocycles. The predicted octanol–water partition coefficient (Wildman–Crippen LogP) is 0.490. The molecule has 0 bridgehead atoms. The summed E-state index contributed by atoms with van der Waals surface area (Å²) in [6.07, 6.45) is 1.52. The largest absolute Gasteiger partial charge is 0.477 e. The highest BCUT2D eigenvalue weighted by Crippen LogP contribution is 2.48. The number of carbonyl (C=O) groups is 2. The number of hydrogen-bond acceptors (Lipinski definition) is 5. The number of nitrogens with two attached hydrogens (primary N) is 1. The molecule has 2 unspecified atom stereocenters. The number of β-lactam (4-membered cyclic amide) rings is 1. The van der Waals surface area contributed by atoms with Crippen molar-refractivity contribution in [2.75, 3.05) is 6.54 Å². The predicted molar refractivity (Wildman–Crippen MR) is 75.5 cm³/mol. The molecule has 3 atom stereocenters. The molecule has 7 heteroatoms. The summed E-state index contributed by atoms with van der Waals surface area (Å²) >= 11 is 1.34. The van der Waals surface area contributed by atoms with Crippen molar-refractivity contribution in [2.45, 2.75) is 32.4 Å². The number of nitrogens with zero attached hydrogens (tertiary/aromatic N) is 1. The summed E-state index contributed by atoms with van der Waals surface area (Å²) in [6, 6.07) is -0.234. The Morgan fingerprint density at radius 2 is 2.30 bits per heavy atom. The summed E-state index contributed by atoms with van der Waals surface area (Å²) in [5, 5.41) is 18.9. The zero-order valence-electron chi connectivity index (χ0n) is 11.4. The molecule has 1 saturated heterocycles. The SMILES string of the molecule is C/C(=C/CN)SC1=C(C(=O)O)N2C(=O)C([C@@H](C)O)C2C1. The maximum Gasteiger partial charge on any atom is 0.353 e. The van der Waals surface area contributed by atoms with Crippen LogP contribution in [0.15, 0.2) is 21.6 Å². The lowest BCUT2D eigenvalue weighted by Crippen LogP contribution is -2.61. The van der Waals surface area contributed by atoms with Gasteiger partial charge in [0.05, 0.1) is 18.1 Å². The summed E-state index contributed by atoms with van der Waals surface area (Å²) in [7, 11) is 0. The van der Waals surface area contributed by atoms with Crippen molar-refractivity contribution in [3.05, 3.63) is 21.6 Å². The first-order chi connectivity index (χ1) is 9.38. The first-order valence-electron chi connectivity index (χ1n) is 6.40. The quantitative estimate of drug-likeness (QED) is 0.638. The van der Waals surface area contributed by atoms with Gasteiger partial charge in [-0.15, -0.1) is 0 Å². The zero-order valence-corrected chi connectivity index (χ0v) is 12.2. The van der Waals surface area contributed by atoms with Gasteiger partial charge >= 0.3 is 5.97 Å². The Morgan fingerprint density at radius 1 is 1.65 bits per heavy atom. The van der Waals surface area contributed by atoms with Crippen LogP contribution in [0.3, 0.4) is 0 Å². The van der Waals surface area contributed by atoms with Gasteiger partial charge in [-0.2, -0.15) is 0 Å². The second kappa shape index (κ2) is 5.59. The molecular formula is C13H18N2O4S. The van der Waals surface area contributed by atoms with Crippen LogP contribution in [0.5, 0.6) is 0 Å². The summed E-state index contributed by atoms with van der Waals surface area (Å²) < 4.78 is 0. The molecule has 2 aliphatic heterocycles. The number of carbonyl (C=O) groups excluding carboxylic acids is 1. The molecular weight excluding hydrogens is 280 g/mol. The fourth-order valence-electron chi connectivity index (χ4n) is 2.72. The van der Waals surface area contributed by atoms with Gasteiger partial charge in [0, 0.05) is 17.9 Å². The number of allylic oxidation sites excluding steroid dienone is 1. The number of amides is 1. The van der Waals surface area contributed by atoms with E-state index in [1.165, 1.54) is 16.7 Å². The fraction of sp³-hybridized carbons (Fsp3) is 0.538. The molecule has 1 amide bonds. The molecule has 0 aromatic heterocycles. The van der Waals surface area contributed by atoms with E-state index in [1.54, 1.807) is 13.0 Å². The van der Waals surface area contributed by atoms with E-state index in [1.807, 2.05) is 6.92 Å². The molecule has 0 spiro atoms. The van der Waals surface area contributed by atoms with Crippen LogP contribution in [0.1, 0.15) is 20.3 Å². The van der Waals surface area contributed by atoms with E-state index in [0.717, 1.165) is 4.91 Å². The standard InChI is InChI=1S/C13H18N2O4S/c1-6(3-4-14)20-9-5-8-10(7(2)16)12(17)15(8)11(9)13(18)19/h3,7-8,10,16H,4-5,14H2,1-2H3,(H,18,19)/b6-3-/t7-,8?,10?/m1/s1. The Hall–Kier alpha value is -1.31. The van der Waals surface area contributed by atoms with Gasteiger partial charge in [-0.25, -0.2) is 4.79 Å². The minimum Gasteiger partial charge on any atom is -0.477 e. The lowest BCUT2D eigenvalue weighted by atomic mass is 9.83. The monoisotopic (exact) mass is 298 g/mol. The topological polar surface area (TPSA) is 104 Å². The Balaban J connectivity index is 2.26. The third-order valence-electron chi connectivity index (χ3n) is 3.58. The Kier molecular flexibility index (Phi) is 4.22. The number of carboxylic acid groups (broad SMARTS) is 1. The lowest BCUT2D eigenvalue weighted by Gasteiger charge is -2.44. The van der Waals surface area contributed by atoms with Crippen molar-refractivity contribution < 1.29 is 19.8 Å². The molecule has 110 valence electrons. The Morgan fingerprint density at radius 3 is 2.80 bits per heavy atom. The van der Waals surface area contributed by atoms with E-state index < -0.39 is 18.0 Å². The van der Waals surface area contributed by atoms with Crippen LogP contribution in [0.25, 0.3) is 0 Å². The first-order valence-corrected chi connectivity index (χ1v) is 7.22. The van der Waals surface area contributed by atoms with Gasteiger partial charge in [0.1, 0.15) is 5.70 Å². The molecule has 0 aromatic rings. The number of hydrogen-bond donors (Lipinski definition) is 3. The number of fused-ring (bicyclic) bond motifs is 1. The normalized spacial score (nSPS) is 27.5. The van der Waals surface area contributed by atoms with E-state index in [0.29, 0.717) is 17.9 Å². The molecule has 6 nitrogen and oxygen atoms in total. The average Bonchev–Trinajstić information content (AvgIpc) is 2.63. The average molecular weight is 298 g/mol. The second-order valence-corrected chi connectivity index (χ2v) is 6.32. The maximum atomic E-state index is 12.0. The van der Waals surface area contributed by atoms with Crippen molar-refractivity contribution in [1.29, 1.82) is 0 Å². The van der Waals surface area contributed by atoms with Crippen LogP contribution in [-0.2, 0) is 9.59 Å². The van der Waals surface area contributed by atoms with E-state index in [2.05, 4.69) is 0 Å². The van der Waals surface area contributed by atoms with Crippen LogP contribution >= 0.6 is 11.8 Å². The summed E-state index contributed by atoms with van der Waals surface area (Å²) in [4.78, 5) is 26.2. The van der Waals surface area contributed by atoms with Crippen molar-refractivity contribution in [2.24, 2.45) is 11.7 Å². The first kappa shape index (κ1) is 15.1. The van der Waals surface area contributed by atoms with Crippen molar-refractivity contribution >= 4 is 23.6 Å². The molecule has 2 heterocycles. The van der Waals surface area contributed by atoms with E-state index >= 15 is 0 Å². The van der Waals surface area contributed by atoms with Gasteiger partial charge < -0.3 is 20.8 Å². The van der Waals surface area contributed by atoms with Crippen molar-refractivity contribution in [1.82, 2.24) is 4.90 Å². The number of thioether (sulfide) groups is 1. The van der Waals surface area contributed by atoms with Crippen LogP contribution in [-0.4, -0.2) is 45.7 Å². The molecule has 0 aliphatic carbocycles. The molecule has 20 heavy (non-hydrogen) atoms. The van der Waals surface area contributed by atoms with Crippen LogP contribution < -0.4 is 5.73 Å². The Labute approximate surface area is 121 Å². The van der Waals surface area contributed by atoms with Gasteiger partial charge in [0.25, 0.3) is 0 Å². The van der Waals surface area contributed by atoms with Gasteiger partial charge in [0.2, 0.25) is 5.91 Å². The van der Waals surface area contributed by atoms with Crippen LogP contribution in [0.2, 0.25) is 0 Å². The summed E-state index contributed by atoms with van der Waals surface area (Å²) in [5.41, 5.74) is 5.48. The molecule has 4 N–H and O–H groups in total. The molecule has 1 fully saturated rings. The minimum absolute atomic E-state index is 0.0478. The van der Waals surface area contributed by atoms with E-state index in [4.69, 9.17) is 5.73 Å². The van der Waals surface area contributed by atoms with Crippen LogP contribution in [0, 0.1) is 5.92 Å². The van der Waals surface area contributed by atoms with Gasteiger partial charge in [-0.05, 0) is 18.8 Å². The molecule has 0 radical (unpaired) electrons. The summed E-state index contributed by atoms with van der Waals surface area (Å²) in [5.74, 6) is -1.91. The molecule has 2 rings (SSSR count). The van der Waals surface area contributed by atoms with E-state index in [-0.39, 0.29) is 17.6 Å². The maximum absolute atomic E-state index is 12.0. The number of rotatable bonds is 5. The summed E-state index contributed by atoms with van der Waals surface area (Å²) in [6.45, 7) is 3.80. The van der Waals surface area contributed by atoms with Gasteiger partial charge in [0.15, 0.2) is 0 Å². The highest BCUT2D eigenvalue weighted by Gasteiger charge is 2.56. The number of aliphatic hydroxyl groups is 1. The van der Waals surface area contributed by atoms with Crippen molar-refractivity contribution in [3.63, 3.8) is 0 Å². The van der Waals surface area contributed by atoms with E-state index in [9.17, 15) is 19.8 Å². The zero-order chi connectivity index (χ0) is 15.0. The third kappa shape index (κ3) is 2.36. The molecule has 2 aliphatic rings. The Bertz CT molecular complexity index is 513.